The number of rotatable bonds is 6. The zero-order valence-electron chi connectivity index (χ0n) is 8.83. The average molecular weight is 202 g/mol. The first-order chi connectivity index (χ1) is 6.47. The van der Waals surface area contributed by atoms with Crippen LogP contribution in [0.1, 0.15) is 27.2 Å². The number of amides is 1. The van der Waals surface area contributed by atoms with Crippen LogP contribution < -0.4 is 10.6 Å². The van der Waals surface area contributed by atoms with Crippen LogP contribution in [0.15, 0.2) is 0 Å². The summed E-state index contributed by atoms with van der Waals surface area (Å²) in [6.07, 6.45) is 0.923. The smallest absolute Gasteiger partial charge is 0.327 e. The van der Waals surface area contributed by atoms with Crippen molar-refractivity contribution in [2.24, 2.45) is 0 Å². The Kier molecular flexibility index (Phi) is 5.87. The molecule has 3 N–H and O–H groups in total. The summed E-state index contributed by atoms with van der Waals surface area (Å²) >= 11 is 0. The van der Waals surface area contributed by atoms with Crippen molar-refractivity contribution in [3.8, 4) is 0 Å². The fourth-order valence-electron chi connectivity index (χ4n) is 0.909. The van der Waals surface area contributed by atoms with Crippen LogP contribution in [0, 0.1) is 0 Å². The van der Waals surface area contributed by atoms with Crippen LogP contribution in [-0.2, 0) is 9.59 Å². The lowest BCUT2D eigenvalue weighted by Gasteiger charge is -2.17. The third kappa shape index (κ3) is 5.53. The topological polar surface area (TPSA) is 78.4 Å². The van der Waals surface area contributed by atoms with Gasteiger partial charge in [-0.15, -0.1) is 0 Å². The number of carboxylic acids is 1. The molecule has 5 heteroatoms. The van der Waals surface area contributed by atoms with Crippen molar-refractivity contribution in [1.82, 2.24) is 10.6 Å². The van der Waals surface area contributed by atoms with E-state index >= 15 is 0 Å². The number of hydrogen-bond acceptors (Lipinski definition) is 3. The molecule has 82 valence electrons. The molecule has 0 aromatic carbocycles. The summed E-state index contributed by atoms with van der Waals surface area (Å²) in [6, 6.07) is -0.591. The molecule has 5 nitrogen and oxygen atoms in total. The van der Waals surface area contributed by atoms with E-state index in [1.54, 1.807) is 0 Å². The van der Waals surface area contributed by atoms with Crippen LogP contribution in [0.5, 0.6) is 0 Å². The van der Waals surface area contributed by atoms with Gasteiger partial charge < -0.3 is 15.7 Å². The first kappa shape index (κ1) is 12.9. The van der Waals surface area contributed by atoms with Gasteiger partial charge in [0, 0.05) is 19.5 Å². The molecule has 1 amide bonds. The zero-order chi connectivity index (χ0) is 11.1. The summed E-state index contributed by atoms with van der Waals surface area (Å²) in [4.78, 5) is 21.4. The Labute approximate surface area is 83.9 Å². The lowest BCUT2D eigenvalue weighted by molar-refractivity contribution is -0.141. The maximum absolute atomic E-state index is 10.7. The lowest BCUT2D eigenvalue weighted by Crippen LogP contribution is -2.48. The molecule has 0 bridgehead atoms. The molecule has 0 aliphatic heterocycles. The van der Waals surface area contributed by atoms with E-state index in [4.69, 9.17) is 5.11 Å². The maximum Gasteiger partial charge on any atom is 0.327 e. The van der Waals surface area contributed by atoms with Crippen molar-refractivity contribution in [2.45, 2.75) is 39.3 Å². The molecular weight excluding hydrogens is 184 g/mol. The highest BCUT2D eigenvalue weighted by Crippen LogP contribution is 1.89. The van der Waals surface area contributed by atoms with Gasteiger partial charge in [-0.1, -0.05) is 6.92 Å². The van der Waals surface area contributed by atoms with Crippen LogP contribution >= 0.6 is 0 Å². The Morgan fingerprint density at radius 2 is 2.00 bits per heavy atom. The van der Waals surface area contributed by atoms with E-state index in [2.05, 4.69) is 10.6 Å². The second-order valence-electron chi connectivity index (χ2n) is 3.31. The summed E-state index contributed by atoms with van der Waals surface area (Å²) < 4.78 is 0. The van der Waals surface area contributed by atoms with Crippen LogP contribution in [-0.4, -0.2) is 35.6 Å². The van der Waals surface area contributed by atoms with Gasteiger partial charge >= 0.3 is 5.97 Å². The van der Waals surface area contributed by atoms with Gasteiger partial charge in [0.25, 0.3) is 0 Å². The molecule has 0 rings (SSSR count). The summed E-state index contributed by atoms with van der Waals surface area (Å²) in [7, 11) is 0. The number of carbonyl (C=O) groups is 2. The Bertz CT molecular complexity index is 206. The predicted octanol–water partition coefficient (Wildman–Crippen LogP) is -0.0362. The maximum atomic E-state index is 10.7. The molecule has 0 aromatic heterocycles. The number of nitrogens with one attached hydrogen (secondary N) is 2. The van der Waals surface area contributed by atoms with Crippen LogP contribution in [0.25, 0.3) is 0 Å². The number of carbonyl (C=O) groups excluding carboxylic acids is 1. The van der Waals surface area contributed by atoms with Gasteiger partial charge in [-0.05, 0) is 13.3 Å². The molecule has 0 aromatic rings. The second kappa shape index (κ2) is 6.37. The quantitative estimate of drug-likeness (QED) is 0.565. The lowest BCUT2D eigenvalue weighted by atomic mass is 10.2. The zero-order valence-corrected chi connectivity index (χ0v) is 8.83. The normalized spacial score (nSPS) is 14.5. The van der Waals surface area contributed by atoms with Crippen molar-refractivity contribution < 1.29 is 14.7 Å². The van der Waals surface area contributed by atoms with Gasteiger partial charge in [0.2, 0.25) is 5.91 Å². The Morgan fingerprint density at radius 3 is 2.36 bits per heavy atom. The SMILES string of the molecule is CCC(C)NCC(NC(C)=O)C(=O)O. The van der Waals surface area contributed by atoms with Crippen LogP contribution in [0.4, 0.5) is 0 Å². The standard InChI is InChI=1S/C9H18N2O3/c1-4-6(2)10-5-8(9(13)14)11-7(3)12/h6,8,10H,4-5H2,1-3H3,(H,11,12)(H,13,14). The summed E-state index contributed by atoms with van der Waals surface area (Å²) in [6.45, 7) is 5.53. The van der Waals surface area contributed by atoms with Crippen molar-refractivity contribution in [1.29, 1.82) is 0 Å². The van der Waals surface area contributed by atoms with Crippen molar-refractivity contribution in [3.05, 3.63) is 0 Å². The molecule has 0 spiro atoms. The van der Waals surface area contributed by atoms with E-state index in [1.807, 2.05) is 13.8 Å². The molecule has 0 fully saturated rings. The van der Waals surface area contributed by atoms with E-state index in [-0.39, 0.29) is 18.5 Å². The molecule has 0 saturated heterocycles. The molecule has 2 unspecified atom stereocenters. The van der Waals surface area contributed by atoms with Gasteiger partial charge in [0.15, 0.2) is 0 Å². The summed E-state index contributed by atoms with van der Waals surface area (Å²) in [5, 5.41) is 14.1. The second-order valence-corrected chi connectivity index (χ2v) is 3.31. The van der Waals surface area contributed by atoms with Crippen LogP contribution in [0.2, 0.25) is 0 Å². The first-order valence-corrected chi connectivity index (χ1v) is 4.70. The third-order valence-corrected chi connectivity index (χ3v) is 1.96. The van der Waals surface area contributed by atoms with Gasteiger partial charge in [0.1, 0.15) is 6.04 Å². The molecule has 2 atom stereocenters. The first-order valence-electron chi connectivity index (χ1n) is 4.70. The predicted molar refractivity (Wildman–Crippen MR) is 53.0 cm³/mol. The van der Waals surface area contributed by atoms with Gasteiger partial charge in [0.05, 0.1) is 0 Å². The molecule has 0 saturated carbocycles. The summed E-state index contributed by atoms with van der Waals surface area (Å²) in [5.41, 5.74) is 0. The van der Waals surface area contributed by atoms with E-state index in [9.17, 15) is 9.59 Å². The summed E-state index contributed by atoms with van der Waals surface area (Å²) in [5.74, 6) is -1.35. The van der Waals surface area contributed by atoms with Gasteiger partial charge in [-0.25, -0.2) is 4.79 Å². The number of aliphatic carboxylic acids is 1. The highest BCUT2D eigenvalue weighted by Gasteiger charge is 2.18. The van der Waals surface area contributed by atoms with Crippen molar-refractivity contribution in [3.63, 3.8) is 0 Å². The molecule has 0 aliphatic rings. The highest BCUT2D eigenvalue weighted by molar-refractivity contribution is 5.82. The number of carboxylic acid groups (broad SMARTS) is 1. The van der Waals surface area contributed by atoms with Crippen LogP contribution in [0.3, 0.4) is 0 Å². The highest BCUT2D eigenvalue weighted by atomic mass is 16.4. The molecular formula is C9H18N2O3. The largest absolute Gasteiger partial charge is 0.480 e. The van der Waals surface area contributed by atoms with Crippen molar-refractivity contribution >= 4 is 11.9 Å². The Balaban J connectivity index is 3.97. The van der Waals surface area contributed by atoms with E-state index in [0.29, 0.717) is 0 Å². The molecule has 0 radical (unpaired) electrons. The Morgan fingerprint density at radius 1 is 1.43 bits per heavy atom. The van der Waals surface area contributed by atoms with Gasteiger partial charge in [-0.3, -0.25) is 4.79 Å². The minimum Gasteiger partial charge on any atom is -0.480 e. The van der Waals surface area contributed by atoms with E-state index < -0.39 is 12.0 Å². The fourth-order valence-corrected chi connectivity index (χ4v) is 0.909. The van der Waals surface area contributed by atoms with E-state index in [1.165, 1.54) is 6.92 Å². The molecule has 14 heavy (non-hydrogen) atoms. The van der Waals surface area contributed by atoms with E-state index in [0.717, 1.165) is 6.42 Å². The molecule has 0 heterocycles. The van der Waals surface area contributed by atoms with Gasteiger partial charge in [-0.2, -0.15) is 0 Å². The molecule has 0 aliphatic carbocycles. The monoisotopic (exact) mass is 202 g/mol. The third-order valence-electron chi connectivity index (χ3n) is 1.96. The minimum absolute atomic E-state index is 0.254. The average Bonchev–Trinajstić information content (AvgIpc) is 2.10. The fraction of sp³-hybridized carbons (Fsp3) is 0.778. The Hall–Kier alpha value is -1.10. The minimum atomic E-state index is -1.02. The van der Waals surface area contributed by atoms with Crippen molar-refractivity contribution in [2.75, 3.05) is 6.54 Å². The number of hydrogen-bond donors (Lipinski definition) is 3.